The minimum atomic E-state index is -0.738. The van der Waals surface area contributed by atoms with E-state index in [1.165, 1.54) is 6.07 Å². The molecule has 5 heteroatoms. The highest BCUT2D eigenvalue weighted by molar-refractivity contribution is 6.30. The van der Waals surface area contributed by atoms with E-state index in [0.29, 0.717) is 16.3 Å². The standard InChI is InChI=1S/C11H10ClNO3/c12-8-3-1-2-7(4-8)10(14)5-9-6-11(15)13-16-9/h1-4,6,10,14H,5H2,(H,13,15). The van der Waals surface area contributed by atoms with Crippen LogP contribution in [0.2, 0.25) is 5.02 Å². The highest BCUT2D eigenvalue weighted by atomic mass is 35.5. The summed E-state index contributed by atoms with van der Waals surface area (Å²) < 4.78 is 4.86. The molecule has 0 radical (unpaired) electrons. The van der Waals surface area contributed by atoms with Crippen molar-refractivity contribution in [1.82, 2.24) is 5.16 Å². The number of rotatable bonds is 3. The average Bonchev–Trinajstić information content (AvgIpc) is 2.64. The summed E-state index contributed by atoms with van der Waals surface area (Å²) in [6.45, 7) is 0. The lowest BCUT2D eigenvalue weighted by atomic mass is 10.1. The van der Waals surface area contributed by atoms with Gasteiger partial charge in [-0.1, -0.05) is 23.7 Å². The molecule has 0 amide bonds. The highest BCUT2D eigenvalue weighted by Gasteiger charge is 2.11. The van der Waals surface area contributed by atoms with Crippen molar-refractivity contribution < 1.29 is 9.63 Å². The van der Waals surface area contributed by atoms with E-state index in [-0.39, 0.29) is 12.0 Å². The predicted molar refractivity (Wildman–Crippen MR) is 59.4 cm³/mol. The second-order valence-electron chi connectivity index (χ2n) is 3.45. The lowest BCUT2D eigenvalue weighted by Gasteiger charge is -2.08. The monoisotopic (exact) mass is 239 g/mol. The van der Waals surface area contributed by atoms with Crippen molar-refractivity contribution in [2.24, 2.45) is 0 Å². The van der Waals surface area contributed by atoms with Gasteiger partial charge in [-0.05, 0) is 17.7 Å². The van der Waals surface area contributed by atoms with Gasteiger partial charge in [-0.15, -0.1) is 0 Å². The third-order valence-electron chi connectivity index (χ3n) is 2.20. The molecule has 4 nitrogen and oxygen atoms in total. The summed E-state index contributed by atoms with van der Waals surface area (Å²) in [6.07, 6.45) is -0.503. The first-order valence-electron chi connectivity index (χ1n) is 4.76. The van der Waals surface area contributed by atoms with Crippen LogP contribution in [0.1, 0.15) is 17.4 Å². The molecule has 0 saturated carbocycles. The number of aromatic nitrogens is 1. The number of hydrogen-bond acceptors (Lipinski definition) is 3. The Morgan fingerprint density at radius 1 is 1.44 bits per heavy atom. The van der Waals surface area contributed by atoms with Crippen molar-refractivity contribution in [2.75, 3.05) is 0 Å². The topological polar surface area (TPSA) is 66.2 Å². The Morgan fingerprint density at radius 2 is 2.25 bits per heavy atom. The van der Waals surface area contributed by atoms with Gasteiger partial charge in [0, 0.05) is 17.5 Å². The Hall–Kier alpha value is -1.52. The molecule has 1 aromatic carbocycles. The largest absolute Gasteiger partial charge is 0.388 e. The molecular formula is C11H10ClNO3. The zero-order valence-electron chi connectivity index (χ0n) is 8.31. The summed E-state index contributed by atoms with van der Waals surface area (Å²) in [7, 11) is 0. The Morgan fingerprint density at radius 3 is 2.88 bits per heavy atom. The van der Waals surface area contributed by atoms with Gasteiger partial charge < -0.3 is 9.63 Å². The van der Waals surface area contributed by atoms with Gasteiger partial charge in [0.15, 0.2) is 0 Å². The van der Waals surface area contributed by atoms with E-state index in [1.54, 1.807) is 24.3 Å². The molecule has 0 fully saturated rings. The number of aliphatic hydroxyl groups excluding tert-OH is 1. The summed E-state index contributed by atoms with van der Waals surface area (Å²) in [4.78, 5) is 10.8. The minimum Gasteiger partial charge on any atom is -0.388 e. The minimum absolute atomic E-state index is 0.235. The van der Waals surface area contributed by atoms with E-state index in [0.717, 1.165) is 0 Å². The Balaban J connectivity index is 2.14. The maximum absolute atomic E-state index is 10.8. The first kappa shape index (κ1) is 11.0. The fourth-order valence-electron chi connectivity index (χ4n) is 1.44. The van der Waals surface area contributed by atoms with Crippen LogP contribution in [0, 0.1) is 0 Å². The quantitative estimate of drug-likeness (QED) is 0.860. The summed E-state index contributed by atoms with van der Waals surface area (Å²) in [5.41, 5.74) is 0.379. The van der Waals surface area contributed by atoms with E-state index < -0.39 is 6.10 Å². The Kier molecular flexibility index (Phi) is 3.12. The van der Waals surface area contributed by atoms with Gasteiger partial charge in [0.25, 0.3) is 5.56 Å². The van der Waals surface area contributed by atoms with E-state index in [9.17, 15) is 9.90 Å². The maximum atomic E-state index is 10.8. The normalized spacial score (nSPS) is 12.6. The first-order valence-corrected chi connectivity index (χ1v) is 5.14. The van der Waals surface area contributed by atoms with Gasteiger partial charge in [-0.25, -0.2) is 0 Å². The third-order valence-corrected chi connectivity index (χ3v) is 2.44. The fraction of sp³-hybridized carbons (Fsp3) is 0.182. The highest BCUT2D eigenvalue weighted by Crippen LogP contribution is 2.20. The molecule has 0 spiro atoms. The zero-order valence-corrected chi connectivity index (χ0v) is 9.07. The van der Waals surface area contributed by atoms with Crippen molar-refractivity contribution in [3.63, 3.8) is 0 Å². The number of halogens is 1. The number of nitrogens with one attached hydrogen (secondary N) is 1. The fourth-order valence-corrected chi connectivity index (χ4v) is 1.64. The Bertz CT molecular complexity index is 532. The molecule has 0 aliphatic rings. The number of aliphatic hydroxyl groups is 1. The maximum Gasteiger partial charge on any atom is 0.280 e. The molecular weight excluding hydrogens is 230 g/mol. The van der Waals surface area contributed by atoms with Gasteiger partial charge in [0.2, 0.25) is 0 Å². The van der Waals surface area contributed by atoms with Crippen LogP contribution in [0.5, 0.6) is 0 Å². The van der Waals surface area contributed by atoms with E-state index in [2.05, 4.69) is 5.16 Å². The van der Waals surface area contributed by atoms with Crippen LogP contribution in [0.4, 0.5) is 0 Å². The Labute approximate surface area is 96.4 Å². The van der Waals surface area contributed by atoms with Crippen molar-refractivity contribution in [1.29, 1.82) is 0 Å². The van der Waals surface area contributed by atoms with Crippen LogP contribution in [-0.4, -0.2) is 10.3 Å². The number of hydrogen-bond donors (Lipinski definition) is 2. The van der Waals surface area contributed by atoms with Crippen LogP contribution >= 0.6 is 11.6 Å². The van der Waals surface area contributed by atoms with Crippen molar-refractivity contribution in [3.05, 3.63) is 57.0 Å². The SMILES string of the molecule is O=c1cc(CC(O)c2cccc(Cl)c2)o[nH]1. The van der Waals surface area contributed by atoms with E-state index >= 15 is 0 Å². The number of aromatic amines is 1. The number of H-pyrrole nitrogens is 1. The van der Waals surface area contributed by atoms with Gasteiger partial charge in [0.1, 0.15) is 5.76 Å². The molecule has 0 aliphatic carbocycles. The van der Waals surface area contributed by atoms with Crippen molar-refractivity contribution in [3.8, 4) is 0 Å². The van der Waals surface area contributed by atoms with E-state index in [4.69, 9.17) is 16.1 Å². The second-order valence-corrected chi connectivity index (χ2v) is 3.89. The van der Waals surface area contributed by atoms with Gasteiger partial charge in [0.05, 0.1) is 6.10 Å². The van der Waals surface area contributed by atoms with Crippen molar-refractivity contribution >= 4 is 11.6 Å². The molecule has 1 heterocycles. The summed E-state index contributed by atoms with van der Waals surface area (Å²) in [5, 5.41) is 12.6. The lowest BCUT2D eigenvalue weighted by Crippen LogP contribution is -2.01. The van der Waals surface area contributed by atoms with Crippen LogP contribution in [-0.2, 0) is 6.42 Å². The van der Waals surface area contributed by atoms with Gasteiger partial charge >= 0.3 is 0 Å². The molecule has 0 aliphatic heterocycles. The molecule has 2 aromatic rings. The second kappa shape index (κ2) is 4.55. The van der Waals surface area contributed by atoms with Crippen molar-refractivity contribution in [2.45, 2.75) is 12.5 Å². The predicted octanol–water partition coefficient (Wildman–Crippen LogP) is 1.90. The zero-order chi connectivity index (χ0) is 11.5. The molecule has 1 atom stereocenters. The molecule has 0 bridgehead atoms. The number of benzene rings is 1. The van der Waals surface area contributed by atoms with E-state index in [1.807, 2.05) is 0 Å². The van der Waals surface area contributed by atoms with Crippen LogP contribution in [0.25, 0.3) is 0 Å². The summed E-state index contributed by atoms with van der Waals surface area (Å²) in [5.74, 6) is 0.414. The van der Waals surface area contributed by atoms with Gasteiger partial charge in [-0.2, -0.15) is 5.16 Å². The molecule has 2 rings (SSSR count). The van der Waals surface area contributed by atoms with Crippen LogP contribution in [0.3, 0.4) is 0 Å². The van der Waals surface area contributed by atoms with Crippen LogP contribution < -0.4 is 5.56 Å². The molecule has 2 N–H and O–H groups in total. The first-order chi connectivity index (χ1) is 7.65. The lowest BCUT2D eigenvalue weighted by molar-refractivity contribution is 0.166. The van der Waals surface area contributed by atoms with Gasteiger partial charge in [-0.3, -0.25) is 4.79 Å². The molecule has 1 unspecified atom stereocenters. The molecule has 0 saturated heterocycles. The molecule has 84 valence electrons. The summed E-state index contributed by atoms with van der Waals surface area (Å²) in [6, 6.07) is 8.24. The average molecular weight is 240 g/mol. The molecule has 1 aromatic heterocycles. The molecule has 16 heavy (non-hydrogen) atoms. The summed E-state index contributed by atoms with van der Waals surface area (Å²) >= 11 is 5.81. The smallest absolute Gasteiger partial charge is 0.280 e. The van der Waals surface area contributed by atoms with Crippen LogP contribution in [0.15, 0.2) is 39.6 Å². The third kappa shape index (κ3) is 2.53.